The van der Waals surface area contributed by atoms with Crippen LogP contribution in [0.1, 0.15) is 17.0 Å². The van der Waals surface area contributed by atoms with Crippen molar-refractivity contribution in [1.29, 1.82) is 0 Å². The highest BCUT2D eigenvalue weighted by Crippen LogP contribution is 2.25. The highest BCUT2D eigenvalue weighted by molar-refractivity contribution is 7.73. The normalized spacial score (nSPS) is 15.7. The zero-order valence-corrected chi connectivity index (χ0v) is 18.8. The van der Waals surface area contributed by atoms with E-state index in [1.807, 2.05) is 42.8 Å². The number of nitrogens with zero attached hydrogens (tertiary/aromatic N) is 5. The van der Waals surface area contributed by atoms with Crippen LogP contribution < -0.4 is 5.32 Å². The number of aryl methyl sites for hydroxylation is 2. The van der Waals surface area contributed by atoms with Crippen molar-refractivity contribution in [2.45, 2.75) is 27.1 Å². The van der Waals surface area contributed by atoms with E-state index in [2.05, 4.69) is 25.4 Å². The number of nitrogens with one attached hydrogen (secondary N) is 1. The quantitative estimate of drug-likeness (QED) is 0.556. The molecule has 0 atom stereocenters. The lowest BCUT2D eigenvalue weighted by molar-refractivity contribution is 0.0924. The summed E-state index contributed by atoms with van der Waals surface area (Å²) in [6.07, 6.45) is 0. The molecule has 0 spiro atoms. The molecular weight excluding hydrogens is 428 g/mol. The standard InChI is InChI=1S/C19H23ClN6OS2/c1-13-3-4-15(10-17(13)20)21-18-22-26(19(28)29-18)12-25-7-5-24(6-8-25)11-16-9-14(2)23-27-16/h3-4,9-10H,5-8,11-12H2,1-2H3,(H,21,22). The fraction of sp³-hybridized carbons (Fsp3) is 0.421. The molecule has 0 unspecified atom stereocenters. The first-order chi connectivity index (χ1) is 14.0. The SMILES string of the molecule is Cc1cc(CN2CCN(Cn3nc(Nc4ccc(C)c(Cl)c4)sc3=S)CC2)on1. The van der Waals surface area contributed by atoms with Gasteiger partial charge in [0.25, 0.3) is 0 Å². The Morgan fingerprint density at radius 3 is 2.62 bits per heavy atom. The molecule has 0 bridgehead atoms. The largest absolute Gasteiger partial charge is 0.360 e. The molecular formula is C19H23ClN6OS2. The topological polar surface area (TPSA) is 62.4 Å². The maximum absolute atomic E-state index is 6.21. The van der Waals surface area contributed by atoms with Gasteiger partial charge in [-0.05, 0) is 43.8 Å². The van der Waals surface area contributed by atoms with Gasteiger partial charge in [0.2, 0.25) is 5.13 Å². The fourth-order valence-corrected chi connectivity index (χ4v) is 4.42. The van der Waals surface area contributed by atoms with Crippen LogP contribution in [-0.4, -0.2) is 50.9 Å². The number of hydrogen-bond acceptors (Lipinski definition) is 8. The van der Waals surface area contributed by atoms with Gasteiger partial charge in [-0.2, -0.15) is 0 Å². The van der Waals surface area contributed by atoms with Crippen LogP contribution in [0.25, 0.3) is 0 Å². The first-order valence-electron chi connectivity index (χ1n) is 9.44. The molecule has 1 saturated heterocycles. The highest BCUT2D eigenvalue weighted by atomic mass is 35.5. The molecule has 1 aromatic carbocycles. The molecule has 4 rings (SSSR count). The van der Waals surface area contributed by atoms with Crippen LogP contribution in [0.15, 0.2) is 28.8 Å². The van der Waals surface area contributed by atoms with Crippen LogP contribution in [-0.2, 0) is 13.2 Å². The predicted molar refractivity (Wildman–Crippen MR) is 118 cm³/mol. The van der Waals surface area contributed by atoms with Crippen molar-refractivity contribution < 1.29 is 4.52 Å². The van der Waals surface area contributed by atoms with Gasteiger partial charge in [0.1, 0.15) is 0 Å². The van der Waals surface area contributed by atoms with Crippen LogP contribution in [0.3, 0.4) is 0 Å². The number of anilines is 2. The Balaban J connectivity index is 1.32. The average Bonchev–Trinajstić information content (AvgIpc) is 3.25. The molecule has 0 amide bonds. The van der Waals surface area contributed by atoms with Gasteiger partial charge < -0.3 is 9.84 Å². The Morgan fingerprint density at radius 1 is 1.17 bits per heavy atom. The van der Waals surface area contributed by atoms with Crippen molar-refractivity contribution in [3.8, 4) is 0 Å². The number of halogens is 1. The summed E-state index contributed by atoms with van der Waals surface area (Å²) in [6, 6.07) is 7.88. The van der Waals surface area contributed by atoms with Gasteiger partial charge >= 0.3 is 0 Å². The van der Waals surface area contributed by atoms with Crippen molar-refractivity contribution in [1.82, 2.24) is 24.7 Å². The Bertz CT molecular complexity index is 1040. The summed E-state index contributed by atoms with van der Waals surface area (Å²) in [5, 5.41) is 13.4. The zero-order valence-electron chi connectivity index (χ0n) is 16.4. The molecule has 3 heterocycles. The van der Waals surface area contributed by atoms with E-state index in [0.29, 0.717) is 6.67 Å². The molecule has 0 radical (unpaired) electrons. The lowest BCUT2D eigenvalue weighted by Gasteiger charge is -2.33. The minimum Gasteiger partial charge on any atom is -0.360 e. The molecule has 2 aromatic heterocycles. The summed E-state index contributed by atoms with van der Waals surface area (Å²) in [4.78, 5) is 4.75. The van der Waals surface area contributed by atoms with Gasteiger partial charge in [0.15, 0.2) is 9.71 Å². The maximum Gasteiger partial charge on any atom is 0.209 e. The van der Waals surface area contributed by atoms with Gasteiger partial charge in [-0.15, -0.1) is 5.10 Å². The van der Waals surface area contributed by atoms with Crippen LogP contribution >= 0.6 is 35.2 Å². The summed E-state index contributed by atoms with van der Waals surface area (Å²) in [7, 11) is 0. The third kappa shape index (κ3) is 5.23. The van der Waals surface area contributed by atoms with E-state index in [1.54, 1.807) is 0 Å². The van der Waals surface area contributed by atoms with Crippen LogP contribution in [0.2, 0.25) is 5.02 Å². The molecule has 1 N–H and O–H groups in total. The molecule has 1 fully saturated rings. The number of aromatic nitrogens is 3. The first-order valence-corrected chi connectivity index (χ1v) is 11.0. The van der Waals surface area contributed by atoms with Crippen molar-refractivity contribution in [2.75, 3.05) is 31.5 Å². The Kier molecular flexibility index (Phi) is 6.31. The number of benzene rings is 1. The molecule has 0 saturated carbocycles. The van der Waals surface area contributed by atoms with E-state index in [1.165, 1.54) is 11.3 Å². The second-order valence-corrected chi connectivity index (χ2v) is 9.26. The molecule has 10 heteroatoms. The third-order valence-electron chi connectivity index (χ3n) is 4.88. The first kappa shape index (κ1) is 20.5. The summed E-state index contributed by atoms with van der Waals surface area (Å²) in [6.45, 7) is 9.30. The van der Waals surface area contributed by atoms with Crippen LogP contribution in [0.4, 0.5) is 10.8 Å². The van der Waals surface area contributed by atoms with E-state index >= 15 is 0 Å². The monoisotopic (exact) mass is 450 g/mol. The van der Waals surface area contributed by atoms with Crippen LogP contribution in [0, 0.1) is 17.8 Å². The molecule has 1 aliphatic heterocycles. The molecule has 7 nitrogen and oxygen atoms in total. The van der Waals surface area contributed by atoms with E-state index in [0.717, 1.165) is 69.5 Å². The minimum atomic E-state index is 0.695. The molecule has 3 aromatic rings. The van der Waals surface area contributed by atoms with Gasteiger partial charge in [0, 0.05) is 43.0 Å². The maximum atomic E-state index is 6.21. The number of rotatable bonds is 6. The molecule has 0 aliphatic carbocycles. The lowest BCUT2D eigenvalue weighted by atomic mass is 10.2. The van der Waals surface area contributed by atoms with E-state index in [-0.39, 0.29) is 0 Å². The lowest BCUT2D eigenvalue weighted by Crippen LogP contribution is -2.46. The van der Waals surface area contributed by atoms with Crippen molar-refractivity contribution in [3.63, 3.8) is 0 Å². The van der Waals surface area contributed by atoms with Gasteiger partial charge in [-0.25, -0.2) is 4.68 Å². The Morgan fingerprint density at radius 2 is 1.93 bits per heavy atom. The van der Waals surface area contributed by atoms with Gasteiger partial charge in [0.05, 0.1) is 18.9 Å². The molecule has 154 valence electrons. The van der Waals surface area contributed by atoms with E-state index in [9.17, 15) is 0 Å². The molecule has 1 aliphatic rings. The zero-order chi connectivity index (χ0) is 20.4. The van der Waals surface area contributed by atoms with E-state index < -0.39 is 0 Å². The van der Waals surface area contributed by atoms with Crippen molar-refractivity contribution >= 4 is 46.0 Å². The predicted octanol–water partition coefficient (Wildman–Crippen LogP) is 4.45. The summed E-state index contributed by atoms with van der Waals surface area (Å²) < 4.78 is 7.96. The summed E-state index contributed by atoms with van der Waals surface area (Å²) in [5.41, 5.74) is 2.88. The number of piperazine rings is 1. The second kappa shape index (κ2) is 8.93. The van der Waals surface area contributed by atoms with Gasteiger partial charge in [-0.3, -0.25) is 9.80 Å². The van der Waals surface area contributed by atoms with E-state index in [4.69, 9.17) is 28.3 Å². The third-order valence-corrected chi connectivity index (χ3v) is 6.51. The highest BCUT2D eigenvalue weighted by Gasteiger charge is 2.19. The number of hydrogen-bond donors (Lipinski definition) is 1. The minimum absolute atomic E-state index is 0.695. The average molecular weight is 451 g/mol. The van der Waals surface area contributed by atoms with Gasteiger partial charge in [-0.1, -0.05) is 34.2 Å². The van der Waals surface area contributed by atoms with Crippen LogP contribution in [0.5, 0.6) is 0 Å². The summed E-state index contributed by atoms with van der Waals surface area (Å²) in [5.74, 6) is 0.921. The second-order valence-electron chi connectivity index (χ2n) is 7.23. The Labute approximate surface area is 183 Å². The molecule has 29 heavy (non-hydrogen) atoms. The Hall–Kier alpha value is -1.78. The van der Waals surface area contributed by atoms with Crippen molar-refractivity contribution in [3.05, 3.63) is 50.3 Å². The smallest absolute Gasteiger partial charge is 0.209 e. The summed E-state index contributed by atoms with van der Waals surface area (Å²) >= 11 is 13.2. The van der Waals surface area contributed by atoms with Crippen molar-refractivity contribution in [2.24, 2.45) is 0 Å². The fourth-order valence-electron chi connectivity index (χ4n) is 3.23.